The molecule has 3 fully saturated rings. The average molecular weight is 633 g/mol. The van der Waals surface area contributed by atoms with Crippen molar-refractivity contribution < 1.29 is 28.6 Å². The molecule has 0 radical (unpaired) electrons. The van der Waals surface area contributed by atoms with Crippen LogP contribution in [-0.2, 0) is 14.2 Å². The second-order valence-corrected chi connectivity index (χ2v) is 15.2. The van der Waals surface area contributed by atoms with Crippen molar-refractivity contribution in [2.75, 3.05) is 39.3 Å². The fourth-order valence-electron chi connectivity index (χ4n) is 4.43. The molecule has 0 N–H and O–H groups in total. The highest BCUT2D eigenvalue weighted by atomic mass is 16.6. The van der Waals surface area contributed by atoms with Crippen LogP contribution in [0.5, 0.6) is 0 Å². The molecule has 12 nitrogen and oxygen atoms in total. The summed E-state index contributed by atoms with van der Waals surface area (Å²) in [5.74, 6) is -0.0254. The van der Waals surface area contributed by atoms with Gasteiger partial charge in [-0.1, -0.05) is 7.43 Å². The zero-order valence-corrected chi connectivity index (χ0v) is 28.6. The van der Waals surface area contributed by atoms with Crippen LogP contribution in [0.25, 0.3) is 0 Å². The number of hydrogen-bond acceptors (Lipinski definition) is 9. The zero-order valence-electron chi connectivity index (χ0n) is 28.6. The predicted octanol–water partition coefficient (Wildman–Crippen LogP) is 6.72. The molecule has 3 rings (SSSR count). The molecule has 3 unspecified atom stereocenters. The number of carbonyl (C=O) groups excluding carboxylic acids is 3. The molecule has 3 aliphatic rings. The minimum absolute atomic E-state index is 0. The van der Waals surface area contributed by atoms with E-state index < -0.39 is 27.6 Å². The van der Waals surface area contributed by atoms with E-state index in [1.807, 2.05) is 76.2 Å². The van der Waals surface area contributed by atoms with Gasteiger partial charge in [0.05, 0.1) is 35.0 Å². The standard InChI is InChI=1S/2C11H18N2O2.C10H16N2O2.CH4/c2*1-10(2,3)15-9(14)13-6-5-11(4,7-12)8-13;1-10(2,3)14-9(13)12-5-4-8(6-11)7-12;/h2*5-6,8H2,1-4H3;8H,4-5,7H2,1-3H3;1H4. The van der Waals surface area contributed by atoms with Crippen LogP contribution < -0.4 is 0 Å². The SMILES string of the molecule is C.CC(C)(C)OC(=O)N1CCC(C#N)C1.CC1(C#N)CCN(C(=O)OC(C)(C)C)C1.CC1(C#N)CCN(C(=O)OC(C)(C)C)C1. The van der Waals surface area contributed by atoms with Crippen molar-refractivity contribution in [2.45, 2.75) is 120 Å². The van der Waals surface area contributed by atoms with Gasteiger partial charge in [0.15, 0.2) is 0 Å². The van der Waals surface area contributed by atoms with Crippen LogP contribution >= 0.6 is 0 Å². The topological polar surface area (TPSA) is 160 Å². The van der Waals surface area contributed by atoms with Gasteiger partial charge in [-0.2, -0.15) is 15.8 Å². The van der Waals surface area contributed by atoms with Crippen LogP contribution in [0, 0.1) is 50.7 Å². The highest BCUT2D eigenvalue weighted by Gasteiger charge is 2.39. The largest absolute Gasteiger partial charge is 0.444 e. The van der Waals surface area contributed by atoms with E-state index in [0.717, 1.165) is 19.3 Å². The summed E-state index contributed by atoms with van der Waals surface area (Å²) in [6, 6.07) is 6.64. The van der Waals surface area contributed by atoms with Crippen LogP contribution in [-0.4, -0.2) is 89.1 Å². The van der Waals surface area contributed by atoms with Crippen LogP contribution in [0.2, 0.25) is 0 Å². The molecule has 12 heteroatoms. The van der Waals surface area contributed by atoms with Gasteiger partial charge >= 0.3 is 18.3 Å². The summed E-state index contributed by atoms with van der Waals surface area (Å²) < 4.78 is 15.7. The molecule has 3 aliphatic heterocycles. The molecule has 45 heavy (non-hydrogen) atoms. The Balaban J connectivity index is 0.000000639. The lowest BCUT2D eigenvalue weighted by Crippen LogP contribution is -2.36. The highest BCUT2D eigenvalue weighted by molar-refractivity contribution is 5.69. The molecule has 0 aliphatic carbocycles. The van der Waals surface area contributed by atoms with Gasteiger partial charge in [0.25, 0.3) is 0 Å². The summed E-state index contributed by atoms with van der Waals surface area (Å²) in [5, 5.41) is 26.5. The Bertz CT molecular complexity index is 1090. The Kier molecular flexibility index (Phi) is 14.7. The second kappa shape index (κ2) is 16.0. The van der Waals surface area contributed by atoms with Crippen molar-refractivity contribution in [2.24, 2.45) is 16.7 Å². The van der Waals surface area contributed by atoms with Crippen molar-refractivity contribution in [1.82, 2.24) is 14.7 Å². The molecule has 3 amide bonds. The van der Waals surface area contributed by atoms with E-state index in [0.29, 0.717) is 39.3 Å². The minimum atomic E-state index is -0.470. The molecule has 3 heterocycles. The lowest BCUT2D eigenvalue weighted by atomic mass is 9.92. The maximum absolute atomic E-state index is 11.7. The first-order chi connectivity index (χ1) is 19.9. The van der Waals surface area contributed by atoms with E-state index in [4.69, 9.17) is 30.0 Å². The number of amides is 3. The van der Waals surface area contributed by atoms with Crippen molar-refractivity contribution in [3.05, 3.63) is 0 Å². The van der Waals surface area contributed by atoms with Gasteiger partial charge in [0.1, 0.15) is 16.8 Å². The van der Waals surface area contributed by atoms with E-state index in [-0.39, 0.29) is 31.6 Å². The molecule has 0 aromatic carbocycles. The molecule has 0 aromatic heterocycles. The van der Waals surface area contributed by atoms with Crippen LogP contribution in [0.15, 0.2) is 0 Å². The first-order valence-corrected chi connectivity index (χ1v) is 15.1. The summed E-state index contributed by atoms with van der Waals surface area (Å²) in [4.78, 5) is 39.6. The van der Waals surface area contributed by atoms with Crippen molar-refractivity contribution in [1.29, 1.82) is 15.8 Å². The number of nitriles is 3. The average Bonchev–Trinajstić information content (AvgIpc) is 3.61. The second-order valence-electron chi connectivity index (χ2n) is 15.2. The Morgan fingerprint density at radius 3 is 1.22 bits per heavy atom. The van der Waals surface area contributed by atoms with Gasteiger partial charge in [0.2, 0.25) is 0 Å². The molecule has 0 spiro atoms. The number of likely N-dealkylation sites (tertiary alicyclic amines) is 3. The van der Waals surface area contributed by atoms with Gasteiger partial charge in [0, 0.05) is 39.3 Å². The fourth-order valence-corrected chi connectivity index (χ4v) is 4.43. The number of nitrogens with zero attached hydrogens (tertiary/aromatic N) is 6. The van der Waals surface area contributed by atoms with Crippen LogP contribution in [0.3, 0.4) is 0 Å². The zero-order chi connectivity index (χ0) is 34.1. The van der Waals surface area contributed by atoms with Crippen LogP contribution in [0.1, 0.15) is 103 Å². The highest BCUT2D eigenvalue weighted by Crippen LogP contribution is 2.30. The molecule has 0 aromatic rings. The fraction of sp³-hybridized carbons (Fsp3) is 0.818. The Labute approximate surface area is 271 Å². The molecular weight excluding hydrogens is 576 g/mol. The number of rotatable bonds is 0. The summed E-state index contributed by atoms with van der Waals surface area (Å²) in [6.07, 6.45) is 1.26. The monoisotopic (exact) mass is 632 g/mol. The Morgan fingerprint density at radius 2 is 0.978 bits per heavy atom. The van der Waals surface area contributed by atoms with Gasteiger partial charge < -0.3 is 28.9 Å². The number of hydrogen-bond donors (Lipinski definition) is 0. The van der Waals surface area contributed by atoms with E-state index in [2.05, 4.69) is 18.2 Å². The van der Waals surface area contributed by atoms with E-state index in [1.165, 1.54) is 0 Å². The molecule has 3 atom stereocenters. The lowest BCUT2D eigenvalue weighted by Gasteiger charge is -2.24. The van der Waals surface area contributed by atoms with Gasteiger partial charge in [-0.3, -0.25) is 0 Å². The maximum atomic E-state index is 11.7. The third-order valence-corrected chi connectivity index (χ3v) is 6.81. The first kappa shape index (κ1) is 41.3. The van der Waals surface area contributed by atoms with Gasteiger partial charge in [-0.05, 0) is 95.4 Å². The summed E-state index contributed by atoms with van der Waals surface area (Å²) in [5.41, 5.74) is -2.21. The van der Waals surface area contributed by atoms with Crippen molar-refractivity contribution >= 4 is 18.3 Å². The molecule has 0 saturated carbocycles. The third-order valence-electron chi connectivity index (χ3n) is 6.81. The first-order valence-electron chi connectivity index (χ1n) is 15.1. The maximum Gasteiger partial charge on any atom is 0.410 e. The van der Waals surface area contributed by atoms with Crippen molar-refractivity contribution in [3.8, 4) is 18.2 Å². The van der Waals surface area contributed by atoms with Crippen molar-refractivity contribution in [3.63, 3.8) is 0 Å². The van der Waals surface area contributed by atoms with E-state index >= 15 is 0 Å². The Morgan fingerprint density at radius 1 is 0.644 bits per heavy atom. The number of ether oxygens (including phenoxy) is 3. The van der Waals surface area contributed by atoms with E-state index in [1.54, 1.807) is 14.7 Å². The van der Waals surface area contributed by atoms with E-state index in [9.17, 15) is 14.4 Å². The predicted molar refractivity (Wildman–Crippen MR) is 171 cm³/mol. The molecule has 3 saturated heterocycles. The third kappa shape index (κ3) is 15.2. The molecule has 254 valence electrons. The Hall–Kier alpha value is -3.72. The molecular formula is C33H56N6O6. The quantitative estimate of drug-likeness (QED) is 0.264. The van der Waals surface area contributed by atoms with Crippen LogP contribution in [0.4, 0.5) is 14.4 Å². The summed E-state index contributed by atoms with van der Waals surface area (Å²) in [6.45, 7) is 23.6. The summed E-state index contributed by atoms with van der Waals surface area (Å²) in [7, 11) is 0. The smallest absolute Gasteiger partial charge is 0.410 e. The minimum Gasteiger partial charge on any atom is -0.444 e. The lowest BCUT2D eigenvalue weighted by molar-refractivity contribution is 0.0273. The van der Waals surface area contributed by atoms with Gasteiger partial charge in [-0.15, -0.1) is 0 Å². The molecule has 0 bridgehead atoms. The number of carbonyl (C=O) groups is 3. The summed E-state index contributed by atoms with van der Waals surface area (Å²) >= 11 is 0. The van der Waals surface area contributed by atoms with Gasteiger partial charge in [-0.25, -0.2) is 14.4 Å². The normalized spacial score (nSPS) is 24.3.